The molecule has 2 aliphatic heterocycles. The highest BCUT2D eigenvalue weighted by atomic mass is 35.5. The van der Waals surface area contributed by atoms with E-state index in [2.05, 4.69) is 45.0 Å². The van der Waals surface area contributed by atoms with Crippen LogP contribution in [-0.4, -0.2) is 101 Å². The van der Waals surface area contributed by atoms with Crippen molar-refractivity contribution in [3.05, 3.63) is 134 Å². The quantitative estimate of drug-likeness (QED) is 0.0664. The number of nitrogens with one attached hydrogen (secondary N) is 3. The molecule has 1 saturated heterocycles. The first kappa shape index (κ1) is 50.7. The van der Waals surface area contributed by atoms with Gasteiger partial charge in [-0.3, -0.25) is 28.7 Å². The summed E-state index contributed by atoms with van der Waals surface area (Å²) in [6.45, 7) is 11.3. The Kier molecular flexibility index (Phi) is 14.3. The van der Waals surface area contributed by atoms with Crippen molar-refractivity contribution in [1.82, 2.24) is 40.6 Å². The van der Waals surface area contributed by atoms with Gasteiger partial charge in [-0.2, -0.15) is 0 Å². The summed E-state index contributed by atoms with van der Waals surface area (Å²) in [5.41, 5.74) is 8.25. The van der Waals surface area contributed by atoms with Crippen LogP contribution >= 0.6 is 34.3 Å². The van der Waals surface area contributed by atoms with Crippen LogP contribution in [-0.2, 0) is 21.0 Å². The Balaban J connectivity index is 0.743. The number of rotatable bonds is 15. The number of ether oxygens (including phenoxy) is 1. The van der Waals surface area contributed by atoms with Crippen LogP contribution in [0, 0.1) is 26.7 Å². The zero-order chi connectivity index (χ0) is 52.1. The molecular formula is C54H56ClN9O8S2. The molecule has 10 rings (SSSR count). The van der Waals surface area contributed by atoms with Crippen LogP contribution in [0.3, 0.4) is 0 Å². The summed E-state index contributed by atoms with van der Waals surface area (Å²) in [6.07, 6.45) is 0.216. The molecule has 5 atom stereocenters. The summed E-state index contributed by atoms with van der Waals surface area (Å²) in [5.74, 6) is -0.156. The molecule has 17 nitrogen and oxygen atoms in total. The summed E-state index contributed by atoms with van der Waals surface area (Å²) in [5, 5.41) is 40.5. The van der Waals surface area contributed by atoms with E-state index in [9.17, 15) is 29.4 Å². The third-order valence-electron chi connectivity index (χ3n) is 14.1. The number of likely N-dealkylation sites (tertiary alicyclic amines) is 1. The highest BCUT2D eigenvalue weighted by Gasteiger charge is 2.43. The Hall–Kier alpha value is -6.77. The van der Waals surface area contributed by atoms with Crippen molar-refractivity contribution in [3.63, 3.8) is 0 Å². The van der Waals surface area contributed by atoms with E-state index in [-0.39, 0.29) is 55.7 Å². The minimum atomic E-state index is -1.03. The van der Waals surface area contributed by atoms with Gasteiger partial charge in [-0.1, -0.05) is 61.8 Å². The maximum Gasteiger partial charge on any atom is 0.287 e. The fourth-order valence-corrected chi connectivity index (χ4v) is 12.1. The van der Waals surface area contributed by atoms with Gasteiger partial charge >= 0.3 is 0 Å². The number of fused-ring (bicyclic) bond motifs is 4. The Labute approximate surface area is 440 Å². The third kappa shape index (κ3) is 10.1. The first-order valence-electron chi connectivity index (χ1n) is 24.6. The van der Waals surface area contributed by atoms with Crippen LogP contribution in [0.5, 0.6) is 5.75 Å². The molecule has 7 aromatic rings. The van der Waals surface area contributed by atoms with Crippen LogP contribution in [0.1, 0.15) is 114 Å². The number of aromatic nitrogens is 4. The van der Waals surface area contributed by atoms with Crippen LogP contribution < -0.4 is 20.7 Å². The largest absolute Gasteiger partial charge is 0.490 e. The van der Waals surface area contributed by atoms with Gasteiger partial charge in [-0.25, -0.2) is 4.98 Å². The van der Waals surface area contributed by atoms with Gasteiger partial charge < -0.3 is 40.2 Å². The van der Waals surface area contributed by atoms with E-state index in [1.165, 1.54) is 16.2 Å². The first-order valence-corrected chi connectivity index (χ1v) is 26.7. The van der Waals surface area contributed by atoms with Crippen molar-refractivity contribution in [2.45, 2.75) is 116 Å². The number of furan rings is 1. The van der Waals surface area contributed by atoms with Gasteiger partial charge in [0.15, 0.2) is 11.6 Å². The molecule has 5 N–H and O–H groups in total. The number of hydrogen-bond donors (Lipinski definition) is 5. The minimum absolute atomic E-state index is 0.00639. The van der Waals surface area contributed by atoms with E-state index in [1.54, 1.807) is 55.0 Å². The van der Waals surface area contributed by atoms with E-state index in [0.717, 1.165) is 54.1 Å². The number of aliphatic imine (C=N–C) groups is 1. The average Bonchev–Trinajstić information content (AvgIpc) is 4.22. The molecule has 0 bridgehead atoms. The number of aryl methyl sites for hydroxylation is 2. The summed E-state index contributed by atoms with van der Waals surface area (Å²) < 4.78 is 14.3. The molecule has 74 heavy (non-hydrogen) atoms. The van der Waals surface area contributed by atoms with E-state index in [4.69, 9.17) is 25.7 Å². The van der Waals surface area contributed by atoms with E-state index >= 15 is 0 Å². The first-order chi connectivity index (χ1) is 35.5. The number of aliphatic hydroxyl groups is 2. The lowest BCUT2D eigenvalue weighted by atomic mass is 9.89. The maximum atomic E-state index is 14.2. The molecule has 1 unspecified atom stereocenters. The molecule has 1 aliphatic carbocycles. The fraction of sp³-hybridized carbons (Fsp3) is 0.370. The third-order valence-corrected chi connectivity index (χ3v) is 16.5. The molecule has 1 saturated carbocycles. The van der Waals surface area contributed by atoms with Crippen LogP contribution in [0.15, 0.2) is 87.7 Å². The fourth-order valence-electron chi connectivity index (χ4n) is 9.92. The number of nitrogens with zero attached hydrogens (tertiary/aromatic N) is 6. The Morgan fingerprint density at radius 1 is 0.932 bits per heavy atom. The van der Waals surface area contributed by atoms with Crippen molar-refractivity contribution in [3.8, 4) is 21.2 Å². The van der Waals surface area contributed by atoms with E-state index < -0.39 is 48.0 Å². The SMILES string of the molecule is Cc1sc2c(c1C)C(c1ccc(Cl)cc1)=N[C@@H](CC(=O)NC1CC(Oc3ccc4oc(C(=O)NC(C(=O)N5C[C@H](O)C[C@H]5C(=O)N[C@@H](C)c5ccc(-c6scnc6CO)cc5)C(C)C)cc4c3)C1)c1nnc(C)n1-2. The zero-order valence-corrected chi connectivity index (χ0v) is 44.0. The van der Waals surface area contributed by atoms with Crippen LogP contribution in [0.4, 0.5) is 0 Å². The van der Waals surface area contributed by atoms with Crippen LogP contribution in [0.25, 0.3) is 26.4 Å². The number of thiophene rings is 1. The molecule has 2 fully saturated rings. The second-order valence-electron chi connectivity index (χ2n) is 19.6. The normalized spacial score (nSPS) is 20.0. The van der Waals surface area contributed by atoms with E-state index in [0.29, 0.717) is 46.1 Å². The number of hydrogen-bond acceptors (Lipinski definition) is 14. The predicted molar refractivity (Wildman–Crippen MR) is 282 cm³/mol. The topological polar surface area (TPSA) is 226 Å². The summed E-state index contributed by atoms with van der Waals surface area (Å²) in [7, 11) is 0. The molecule has 384 valence electrons. The standard InChI is InChI=1S/C54H56ClN9O8S2/c1-26(2)47(53(70)63-23-37(66)21-42(63)51(68)57-28(4)31-7-9-33(10-8-31)49-41(24-65)56-25-73-49)60-52(69)44-18-34-17-38(15-16-43(34)72-44)71-39-19-36(20-39)58-45(67)22-40-50-62-61-30(6)64(50)54-46(27(3)29(5)74-54)48(59-40)32-11-13-35(55)14-12-32/h7-18,25-26,28,36-37,39-40,42,47,65-66H,19-24H2,1-6H3,(H,57,68)(H,58,67)(H,60,69)/t28-,36?,37+,39?,40-,42-,47?/m0/s1. The molecule has 4 aromatic heterocycles. The number of carbonyl (C=O) groups is 4. The van der Waals surface area contributed by atoms with Gasteiger partial charge in [-0.05, 0) is 86.7 Å². The number of carbonyl (C=O) groups excluding carboxylic acids is 4. The number of aliphatic hydroxyl groups excluding tert-OH is 2. The van der Waals surface area contributed by atoms with Crippen molar-refractivity contribution in [2.24, 2.45) is 10.9 Å². The second-order valence-corrected chi connectivity index (χ2v) is 22.1. The van der Waals surface area contributed by atoms with E-state index in [1.807, 2.05) is 66.9 Å². The molecule has 6 heterocycles. The Morgan fingerprint density at radius 2 is 1.68 bits per heavy atom. The molecule has 3 aliphatic rings. The van der Waals surface area contributed by atoms with Crippen LogP contribution in [0.2, 0.25) is 5.02 Å². The lowest BCUT2D eigenvalue weighted by molar-refractivity contribution is -0.141. The number of thiazole rings is 1. The van der Waals surface area contributed by atoms with Crippen molar-refractivity contribution < 1.29 is 38.5 Å². The van der Waals surface area contributed by atoms with Crippen molar-refractivity contribution in [1.29, 1.82) is 0 Å². The lowest BCUT2D eigenvalue weighted by Crippen LogP contribution is -2.55. The highest BCUT2D eigenvalue weighted by Crippen LogP contribution is 2.40. The molecule has 20 heteroatoms. The molecule has 3 aromatic carbocycles. The Bertz CT molecular complexity index is 3300. The average molecular weight is 1060 g/mol. The predicted octanol–water partition coefficient (Wildman–Crippen LogP) is 7.87. The summed E-state index contributed by atoms with van der Waals surface area (Å²) >= 11 is 9.36. The maximum absolute atomic E-state index is 14.2. The highest BCUT2D eigenvalue weighted by molar-refractivity contribution is 7.15. The number of β-amino-alcohol motifs (C(OH)–C–C–N with tert-alkyl or cyclic N) is 1. The monoisotopic (exact) mass is 1060 g/mol. The van der Waals surface area contributed by atoms with Crippen molar-refractivity contribution in [2.75, 3.05) is 6.54 Å². The second kappa shape index (κ2) is 20.9. The van der Waals surface area contributed by atoms with Gasteiger partial charge in [0.25, 0.3) is 5.91 Å². The smallest absolute Gasteiger partial charge is 0.287 e. The molecule has 0 spiro atoms. The van der Waals surface area contributed by atoms with Crippen molar-refractivity contribution >= 4 is 74.6 Å². The van der Waals surface area contributed by atoms with Gasteiger partial charge in [0, 0.05) is 58.3 Å². The van der Waals surface area contributed by atoms with Gasteiger partial charge in [0.2, 0.25) is 17.7 Å². The molecular weight excluding hydrogens is 1000 g/mol. The van der Waals surface area contributed by atoms with Gasteiger partial charge in [0.05, 0.1) is 47.0 Å². The number of amides is 4. The summed E-state index contributed by atoms with van der Waals surface area (Å²) in [4.78, 5) is 68.2. The number of benzene rings is 3. The zero-order valence-electron chi connectivity index (χ0n) is 41.6. The molecule has 4 amide bonds. The lowest BCUT2D eigenvalue weighted by Gasteiger charge is -2.36. The van der Waals surface area contributed by atoms with Gasteiger partial charge in [-0.15, -0.1) is 32.9 Å². The number of halogens is 1. The minimum Gasteiger partial charge on any atom is -0.490 e. The Morgan fingerprint density at radius 3 is 2.41 bits per heavy atom. The van der Waals surface area contributed by atoms with Gasteiger partial charge in [0.1, 0.15) is 46.4 Å². The summed E-state index contributed by atoms with van der Waals surface area (Å²) in [6, 6.07) is 18.9. The molecule has 0 radical (unpaired) electrons.